The summed E-state index contributed by atoms with van der Waals surface area (Å²) in [7, 11) is 0. The van der Waals surface area contributed by atoms with Gasteiger partial charge in [-0.15, -0.1) is 0 Å². The number of pyridine rings is 1. The van der Waals surface area contributed by atoms with Crippen LogP contribution in [0.1, 0.15) is 26.3 Å². The van der Waals surface area contributed by atoms with E-state index in [2.05, 4.69) is 10.3 Å². The second kappa shape index (κ2) is 6.41. The molecule has 25 heavy (non-hydrogen) atoms. The molecule has 4 N–H and O–H groups in total. The number of anilines is 1. The highest BCUT2D eigenvalue weighted by atomic mass is 35.5. The quantitative estimate of drug-likeness (QED) is 0.672. The van der Waals surface area contributed by atoms with Gasteiger partial charge in [-0.1, -0.05) is 11.6 Å². The minimum absolute atomic E-state index is 0.0202. The molecule has 7 heteroatoms. The summed E-state index contributed by atoms with van der Waals surface area (Å²) in [4.78, 5) is 39.0. The van der Waals surface area contributed by atoms with Gasteiger partial charge in [-0.2, -0.15) is 0 Å². The van der Waals surface area contributed by atoms with Crippen molar-refractivity contribution >= 4 is 40.0 Å². The van der Waals surface area contributed by atoms with Gasteiger partial charge in [0.15, 0.2) is 0 Å². The molecule has 1 aromatic heterocycles. The van der Waals surface area contributed by atoms with Crippen molar-refractivity contribution in [1.29, 1.82) is 0 Å². The number of carbonyl (C=O) groups excluding carboxylic acids is 2. The molecule has 3 rings (SSSR count). The van der Waals surface area contributed by atoms with E-state index in [0.29, 0.717) is 27.2 Å². The van der Waals surface area contributed by atoms with Crippen molar-refractivity contribution in [2.75, 3.05) is 5.32 Å². The van der Waals surface area contributed by atoms with Crippen molar-refractivity contribution in [3.63, 3.8) is 0 Å². The number of amides is 2. The van der Waals surface area contributed by atoms with E-state index in [9.17, 15) is 14.4 Å². The van der Waals surface area contributed by atoms with Crippen molar-refractivity contribution in [3.05, 3.63) is 74.5 Å². The van der Waals surface area contributed by atoms with E-state index >= 15 is 0 Å². The zero-order valence-electron chi connectivity index (χ0n) is 13.2. The lowest BCUT2D eigenvalue weighted by molar-refractivity contribution is 0.0998. The number of hydrogen-bond donors (Lipinski definition) is 3. The zero-order valence-corrected chi connectivity index (χ0v) is 14.0. The Morgan fingerprint density at radius 3 is 2.44 bits per heavy atom. The van der Waals surface area contributed by atoms with Crippen molar-refractivity contribution in [2.45, 2.75) is 6.92 Å². The van der Waals surface area contributed by atoms with Gasteiger partial charge in [0.05, 0.1) is 5.52 Å². The number of aryl methyl sites for hydroxylation is 1. The smallest absolute Gasteiger partial charge is 0.261 e. The van der Waals surface area contributed by atoms with Crippen LogP contribution in [0.25, 0.3) is 10.9 Å². The van der Waals surface area contributed by atoms with E-state index in [1.54, 1.807) is 19.1 Å². The maximum atomic E-state index is 12.6. The van der Waals surface area contributed by atoms with Crippen LogP contribution in [0, 0.1) is 6.92 Å². The molecule has 0 atom stereocenters. The molecule has 0 aliphatic carbocycles. The summed E-state index contributed by atoms with van der Waals surface area (Å²) in [6.07, 6.45) is 1.36. The second-order valence-electron chi connectivity index (χ2n) is 5.52. The summed E-state index contributed by atoms with van der Waals surface area (Å²) in [5.41, 5.74) is 6.87. The Labute approximate surface area is 147 Å². The van der Waals surface area contributed by atoms with E-state index in [1.807, 2.05) is 0 Å². The number of carbonyl (C=O) groups is 2. The number of H-pyrrole nitrogens is 1. The molecule has 0 aliphatic rings. The normalized spacial score (nSPS) is 10.6. The molecular formula is C18H14ClN3O3. The van der Waals surface area contributed by atoms with E-state index in [1.165, 1.54) is 30.5 Å². The monoisotopic (exact) mass is 355 g/mol. The molecule has 1 heterocycles. The van der Waals surface area contributed by atoms with Crippen LogP contribution in [0.15, 0.2) is 47.4 Å². The highest BCUT2D eigenvalue weighted by molar-refractivity contribution is 6.32. The molecule has 2 amide bonds. The molecule has 0 aliphatic heterocycles. The van der Waals surface area contributed by atoms with Crippen LogP contribution in [-0.4, -0.2) is 16.8 Å². The Kier molecular flexibility index (Phi) is 4.29. The fraction of sp³-hybridized carbons (Fsp3) is 0.0556. The Bertz CT molecular complexity index is 1060. The number of nitrogens with two attached hydrogens (primary N) is 1. The molecule has 3 aromatic rings. The van der Waals surface area contributed by atoms with Gasteiger partial charge in [-0.05, 0) is 48.9 Å². The molecule has 0 unspecified atom stereocenters. The van der Waals surface area contributed by atoms with Gasteiger partial charge in [0.1, 0.15) is 5.56 Å². The second-order valence-corrected chi connectivity index (χ2v) is 5.93. The molecule has 2 aromatic carbocycles. The van der Waals surface area contributed by atoms with Crippen LogP contribution in [0.3, 0.4) is 0 Å². The number of halogens is 1. The average Bonchev–Trinajstić information content (AvgIpc) is 2.59. The van der Waals surface area contributed by atoms with Gasteiger partial charge in [0.2, 0.25) is 11.3 Å². The van der Waals surface area contributed by atoms with E-state index in [4.69, 9.17) is 17.3 Å². The minimum Gasteiger partial charge on any atom is -0.366 e. The van der Waals surface area contributed by atoms with Gasteiger partial charge >= 0.3 is 0 Å². The third-order valence-electron chi connectivity index (χ3n) is 3.92. The molecule has 0 spiro atoms. The van der Waals surface area contributed by atoms with Crippen LogP contribution in [0.5, 0.6) is 0 Å². The number of hydrogen-bond acceptors (Lipinski definition) is 3. The molecule has 0 bridgehead atoms. The van der Waals surface area contributed by atoms with E-state index in [-0.39, 0.29) is 11.0 Å². The lowest BCUT2D eigenvalue weighted by Gasteiger charge is -2.08. The maximum Gasteiger partial charge on any atom is 0.261 e. The third kappa shape index (κ3) is 3.12. The maximum absolute atomic E-state index is 12.6. The van der Waals surface area contributed by atoms with Crippen molar-refractivity contribution in [3.8, 4) is 0 Å². The Morgan fingerprint density at radius 1 is 1.12 bits per heavy atom. The number of primary amides is 1. The topological polar surface area (TPSA) is 105 Å². The van der Waals surface area contributed by atoms with E-state index < -0.39 is 11.8 Å². The van der Waals surface area contributed by atoms with Gasteiger partial charge in [0, 0.05) is 27.9 Å². The van der Waals surface area contributed by atoms with Gasteiger partial charge in [0.25, 0.3) is 5.91 Å². The lowest BCUT2D eigenvalue weighted by Crippen LogP contribution is -2.22. The van der Waals surface area contributed by atoms with Crippen molar-refractivity contribution in [1.82, 2.24) is 4.98 Å². The molecule has 0 saturated carbocycles. The number of benzene rings is 2. The fourth-order valence-electron chi connectivity index (χ4n) is 2.50. The minimum atomic E-state index is -0.558. The third-order valence-corrected chi connectivity index (χ3v) is 4.33. The summed E-state index contributed by atoms with van der Waals surface area (Å²) in [5.74, 6) is -1.11. The summed E-state index contributed by atoms with van der Waals surface area (Å²) < 4.78 is 0. The van der Waals surface area contributed by atoms with Crippen LogP contribution in [0.2, 0.25) is 5.02 Å². The molecule has 0 saturated heterocycles. The number of fused-ring (bicyclic) bond motifs is 1. The highest BCUT2D eigenvalue weighted by Gasteiger charge is 2.15. The first kappa shape index (κ1) is 16.7. The summed E-state index contributed by atoms with van der Waals surface area (Å²) in [6.45, 7) is 1.79. The lowest BCUT2D eigenvalue weighted by atomic mass is 10.1. The first-order valence-electron chi connectivity index (χ1n) is 7.40. The van der Waals surface area contributed by atoms with Crippen LogP contribution in [-0.2, 0) is 0 Å². The standard InChI is InChI=1S/C18H14ClN3O3/c1-9-14(19)7-6-12-15(9)21-8-13(16(12)23)18(25)22-11-4-2-10(3-5-11)17(20)24/h2-8H,1H3,(H2,20,24)(H,21,23)(H,22,25). The molecule has 0 radical (unpaired) electrons. The highest BCUT2D eigenvalue weighted by Crippen LogP contribution is 2.22. The van der Waals surface area contributed by atoms with Gasteiger partial charge < -0.3 is 16.0 Å². The average molecular weight is 356 g/mol. The number of rotatable bonds is 3. The molecule has 126 valence electrons. The first-order chi connectivity index (χ1) is 11.9. The predicted molar refractivity (Wildman–Crippen MR) is 97.2 cm³/mol. The molecule has 6 nitrogen and oxygen atoms in total. The Morgan fingerprint density at radius 2 is 1.80 bits per heavy atom. The fourth-order valence-corrected chi connectivity index (χ4v) is 2.66. The zero-order chi connectivity index (χ0) is 18.1. The van der Waals surface area contributed by atoms with Crippen molar-refractivity contribution < 1.29 is 9.59 Å². The van der Waals surface area contributed by atoms with Crippen LogP contribution < -0.4 is 16.5 Å². The first-order valence-corrected chi connectivity index (χ1v) is 7.78. The van der Waals surface area contributed by atoms with Gasteiger partial charge in [-0.3, -0.25) is 14.4 Å². The molecule has 0 fully saturated rings. The summed E-state index contributed by atoms with van der Waals surface area (Å²) in [6, 6.07) is 9.27. The number of nitrogens with one attached hydrogen (secondary N) is 2. The Balaban J connectivity index is 1.95. The van der Waals surface area contributed by atoms with Crippen molar-refractivity contribution in [2.24, 2.45) is 5.73 Å². The van der Waals surface area contributed by atoms with Crippen LogP contribution in [0.4, 0.5) is 5.69 Å². The van der Waals surface area contributed by atoms with Gasteiger partial charge in [-0.25, -0.2) is 0 Å². The largest absolute Gasteiger partial charge is 0.366 e. The van der Waals surface area contributed by atoms with Crippen LogP contribution >= 0.6 is 11.6 Å². The summed E-state index contributed by atoms with van der Waals surface area (Å²) >= 11 is 6.05. The summed E-state index contributed by atoms with van der Waals surface area (Å²) in [5, 5.41) is 3.54. The molecular weight excluding hydrogens is 342 g/mol. The predicted octanol–water partition coefficient (Wildman–Crippen LogP) is 2.84. The Hall–Kier alpha value is -3.12. The SMILES string of the molecule is Cc1c(Cl)ccc2c(=O)c(C(=O)Nc3ccc(C(N)=O)cc3)c[nH]c12. The van der Waals surface area contributed by atoms with E-state index in [0.717, 1.165) is 5.56 Å². The number of aromatic nitrogens is 1. The number of aromatic amines is 1.